The van der Waals surface area contributed by atoms with Gasteiger partial charge < -0.3 is 4.74 Å². The van der Waals surface area contributed by atoms with E-state index in [-0.39, 0.29) is 11.6 Å². The van der Waals surface area contributed by atoms with E-state index in [1.54, 1.807) is 7.11 Å². The van der Waals surface area contributed by atoms with Crippen LogP contribution >= 0.6 is 0 Å². The van der Waals surface area contributed by atoms with Crippen LogP contribution < -0.4 is 11.3 Å². The number of nitrogens with one attached hydrogen (secondary N) is 1. The molecule has 0 amide bonds. The van der Waals surface area contributed by atoms with Crippen molar-refractivity contribution in [1.29, 1.82) is 0 Å². The lowest BCUT2D eigenvalue weighted by Gasteiger charge is -2.35. The van der Waals surface area contributed by atoms with E-state index in [9.17, 15) is 0 Å². The molecule has 3 heteroatoms. The fourth-order valence-electron chi connectivity index (χ4n) is 2.05. The summed E-state index contributed by atoms with van der Waals surface area (Å²) in [5.74, 6) is 5.64. The van der Waals surface area contributed by atoms with Crippen LogP contribution in [0.15, 0.2) is 30.3 Å². The maximum Gasteiger partial charge on any atom is 0.0813 e. The number of hydrogen-bond acceptors (Lipinski definition) is 3. The minimum absolute atomic E-state index is 0.165. The Morgan fingerprint density at radius 1 is 1.35 bits per heavy atom. The molecule has 0 spiro atoms. The third-order valence-electron chi connectivity index (χ3n) is 3.67. The smallest absolute Gasteiger partial charge is 0.0813 e. The second-order valence-electron chi connectivity index (χ2n) is 4.61. The van der Waals surface area contributed by atoms with Crippen molar-refractivity contribution in [3.8, 4) is 0 Å². The topological polar surface area (TPSA) is 47.3 Å². The highest BCUT2D eigenvalue weighted by molar-refractivity contribution is 5.15. The van der Waals surface area contributed by atoms with E-state index < -0.39 is 0 Å². The van der Waals surface area contributed by atoms with Crippen molar-refractivity contribution in [3.63, 3.8) is 0 Å². The van der Waals surface area contributed by atoms with Gasteiger partial charge in [-0.05, 0) is 31.7 Å². The van der Waals surface area contributed by atoms with Crippen LogP contribution in [0, 0.1) is 0 Å². The first-order chi connectivity index (χ1) is 8.16. The van der Waals surface area contributed by atoms with Crippen molar-refractivity contribution >= 4 is 0 Å². The largest absolute Gasteiger partial charge is 0.377 e. The summed E-state index contributed by atoms with van der Waals surface area (Å²) in [5, 5.41) is 0. The molecule has 1 aromatic carbocycles. The van der Waals surface area contributed by atoms with E-state index >= 15 is 0 Å². The van der Waals surface area contributed by atoms with Crippen LogP contribution in [-0.2, 0) is 11.2 Å². The van der Waals surface area contributed by atoms with Gasteiger partial charge in [0.1, 0.15) is 0 Å². The molecule has 0 aromatic heterocycles. The number of ether oxygens (including phenoxy) is 1. The van der Waals surface area contributed by atoms with Crippen molar-refractivity contribution in [3.05, 3.63) is 35.9 Å². The van der Waals surface area contributed by atoms with Crippen LogP contribution in [0.3, 0.4) is 0 Å². The molecule has 0 fully saturated rings. The van der Waals surface area contributed by atoms with Crippen molar-refractivity contribution < 1.29 is 4.74 Å². The molecule has 96 valence electrons. The van der Waals surface area contributed by atoms with Gasteiger partial charge in [0.2, 0.25) is 0 Å². The number of nitrogens with two attached hydrogens (primary N) is 1. The van der Waals surface area contributed by atoms with Gasteiger partial charge >= 0.3 is 0 Å². The molecule has 2 unspecified atom stereocenters. The summed E-state index contributed by atoms with van der Waals surface area (Å²) in [7, 11) is 1.75. The van der Waals surface area contributed by atoms with Gasteiger partial charge in [-0.2, -0.15) is 0 Å². The summed E-state index contributed by atoms with van der Waals surface area (Å²) in [6.45, 7) is 4.22. The van der Waals surface area contributed by atoms with Gasteiger partial charge in [-0.1, -0.05) is 37.3 Å². The minimum Gasteiger partial charge on any atom is -0.377 e. The SMILES string of the molecule is CCC(C)(OC)C(CCc1ccccc1)NN. The molecule has 0 aliphatic rings. The van der Waals surface area contributed by atoms with Gasteiger partial charge in [0.25, 0.3) is 0 Å². The Kier molecular flexibility index (Phi) is 5.62. The average Bonchev–Trinajstić information content (AvgIpc) is 2.40. The average molecular weight is 236 g/mol. The Balaban J connectivity index is 2.59. The molecule has 0 aliphatic heterocycles. The van der Waals surface area contributed by atoms with Gasteiger partial charge in [0.15, 0.2) is 0 Å². The zero-order valence-electron chi connectivity index (χ0n) is 11.1. The van der Waals surface area contributed by atoms with Crippen molar-refractivity contribution in [2.24, 2.45) is 5.84 Å². The maximum absolute atomic E-state index is 5.64. The van der Waals surface area contributed by atoms with Crippen LogP contribution in [0.5, 0.6) is 0 Å². The maximum atomic E-state index is 5.64. The Hall–Kier alpha value is -0.900. The molecule has 1 aromatic rings. The van der Waals surface area contributed by atoms with Crippen LogP contribution in [0.2, 0.25) is 0 Å². The molecule has 0 radical (unpaired) electrons. The van der Waals surface area contributed by atoms with E-state index in [0.717, 1.165) is 19.3 Å². The first-order valence-electron chi connectivity index (χ1n) is 6.21. The molecule has 3 nitrogen and oxygen atoms in total. The van der Waals surface area contributed by atoms with E-state index in [1.807, 2.05) is 6.07 Å². The van der Waals surface area contributed by atoms with Gasteiger partial charge in [-0.25, -0.2) is 0 Å². The number of benzene rings is 1. The number of hydrogen-bond donors (Lipinski definition) is 2. The highest BCUT2D eigenvalue weighted by Crippen LogP contribution is 2.22. The summed E-state index contributed by atoms with van der Waals surface area (Å²) in [6.07, 6.45) is 2.92. The van der Waals surface area contributed by atoms with Crippen LogP contribution in [0.25, 0.3) is 0 Å². The molecular formula is C14H24N2O. The zero-order valence-corrected chi connectivity index (χ0v) is 11.1. The molecule has 1 rings (SSSR count). The highest BCUT2D eigenvalue weighted by Gasteiger charge is 2.31. The lowest BCUT2D eigenvalue weighted by atomic mass is 9.89. The van der Waals surface area contributed by atoms with Gasteiger partial charge in [-0.3, -0.25) is 11.3 Å². The molecule has 0 aliphatic carbocycles. The molecule has 0 bridgehead atoms. The zero-order chi connectivity index (χ0) is 12.7. The lowest BCUT2D eigenvalue weighted by molar-refractivity contribution is -0.0310. The van der Waals surface area contributed by atoms with Crippen molar-refractivity contribution in [2.75, 3.05) is 7.11 Å². The third-order valence-corrected chi connectivity index (χ3v) is 3.67. The Morgan fingerprint density at radius 2 is 2.00 bits per heavy atom. The molecule has 2 atom stereocenters. The fourth-order valence-corrected chi connectivity index (χ4v) is 2.05. The predicted molar refractivity (Wildman–Crippen MR) is 71.6 cm³/mol. The summed E-state index contributed by atoms with van der Waals surface area (Å²) >= 11 is 0. The quantitative estimate of drug-likeness (QED) is 0.564. The van der Waals surface area contributed by atoms with Crippen LogP contribution in [0.4, 0.5) is 0 Å². The molecule has 0 saturated carbocycles. The number of hydrazine groups is 1. The molecule has 17 heavy (non-hydrogen) atoms. The van der Waals surface area contributed by atoms with E-state index in [0.29, 0.717) is 0 Å². The minimum atomic E-state index is -0.205. The molecule has 0 heterocycles. The second kappa shape index (κ2) is 6.74. The van der Waals surface area contributed by atoms with E-state index in [4.69, 9.17) is 10.6 Å². The highest BCUT2D eigenvalue weighted by atomic mass is 16.5. The monoisotopic (exact) mass is 236 g/mol. The van der Waals surface area contributed by atoms with Gasteiger partial charge in [0, 0.05) is 7.11 Å². The Bertz CT molecular complexity index is 309. The normalized spacial score (nSPS) is 16.5. The first kappa shape index (κ1) is 14.2. The number of aryl methyl sites for hydroxylation is 1. The summed E-state index contributed by atoms with van der Waals surface area (Å²) in [5.41, 5.74) is 4.02. The van der Waals surface area contributed by atoms with Crippen LogP contribution in [-0.4, -0.2) is 18.8 Å². The summed E-state index contributed by atoms with van der Waals surface area (Å²) in [6, 6.07) is 10.6. The van der Waals surface area contributed by atoms with E-state index in [1.165, 1.54) is 5.56 Å². The molecular weight excluding hydrogens is 212 g/mol. The summed E-state index contributed by atoms with van der Waals surface area (Å²) < 4.78 is 5.59. The molecule has 0 saturated heterocycles. The summed E-state index contributed by atoms with van der Waals surface area (Å²) in [4.78, 5) is 0. The van der Waals surface area contributed by atoms with Crippen molar-refractivity contribution in [1.82, 2.24) is 5.43 Å². The first-order valence-corrected chi connectivity index (χ1v) is 6.21. The Morgan fingerprint density at radius 3 is 2.47 bits per heavy atom. The fraction of sp³-hybridized carbons (Fsp3) is 0.571. The number of methoxy groups -OCH3 is 1. The van der Waals surface area contributed by atoms with Crippen molar-refractivity contribution in [2.45, 2.75) is 44.8 Å². The number of rotatable bonds is 7. The third kappa shape index (κ3) is 3.80. The van der Waals surface area contributed by atoms with E-state index in [2.05, 4.69) is 43.5 Å². The van der Waals surface area contributed by atoms with Gasteiger partial charge in [0.05, 0.1) is 11.6 Å². The van der Waals surface area contributed by atoms with Crippen LogP contribution in [0.1, 0.15) is 32.3 Å². The molecule has 3 N–H and O–H groups in total. The Labute approximate surface area is 104 Å². The second-order valence-corrected chi connectivity index (χ2v) is 4.61. The standard InChI is InChI=1S/C14H24N2O/c1-4-14(2,17-3)13(16-15)11-10-12-8-6-5-7-9-12/h5-9,13,16H,4,10-11,15H2,1-3H3. The lowest BCUT2D eigenvalue weighted by Crippen LogP contribution is -2.52. The predicted octanol–water partition coefficient (Wildman–Crippen LogP) is 2.27. The van der Waals surface area contributed by atoms with Gasteiger partial charge in [-0.15, -0.1) is 0 Å².